The fourth-order valence-corrected chi connectivity index (χ4v) is 3.75. The number of rotatable bonds is 3. The molecule has 8 heteroatoms. The van der Waals surface area contributed by atoms with Crippen LogP contribution in [0, 0.1) is 0 Å². The summed E-state index contributed by atoms with van der Waals surface area (Å²) >= 11 is 1.37. The minimum absolute atomic E-state index is 0.213. The predicted octanol–water partition coefficient (Wildman–Crippen LogP) is 4.39. The Morgan fingerprint density at radius 1 is 0.968 bits per heavy atom. The van der Waals surface area contributed by atoms with Crippen LogP contribution in [0.3, 0.4) is 0 Å². The summed E-state index contributed by atoms with van der Waals surface area (Å²) in [5.41, 5.74) is 2.97. The van der Waals surface area contributed by atoms with E-state index in [1.54, 1.807) is 23.2 Å². The molecule has 0 N–H and O–H groups in total. The normalized spacial score (nSPS) is 14.7. The maximum atomic E-state index is 13.7. The number of thioether (sulfide) groups is 1. The number of anilines is 1. The average Bonchev–Trinajstić information content (AvgIpc) is 2.99. The van der Waals surface area contributed by atoms with Crippen molar-refractivity contribution in [2.45, 2.75) is 11.4 Å². The van der Waals surface area contributed by atoms with Gasteiger partial charge in [-0.25, -0.2) is 0 Å². The lowest BCUT2D eigenvalue weighted by atomic mass is 10.1. The first-order chi connectivity index (χ1) is 15.3. The molecule has 0 spiro atoms. The Balaban J connectivity index is 1.76. The molecule has 4 aromatic rings. The van der Waals surface area contributed by atoms with Gasteiger partial charge in [0, 0.05) is 17.3 Å². The Labute approximate surface area is 183 Å². The molecule has 0 saturated heterocycles. The van der Waals surface area contributed by atoms with E-state index in [1.165, 1.54) is 11.8 Å². The predicted molar refractivity (Wildman–Crippen MR) is 118 cm³/mol. The third-order valence-corrected chi connectivity index (χ3v) is 5.41. The second-order valence-electron chi connectivity index (χ2n) is 6.74. The molecule has 5 rings (SSSR count). The number of amides is 1. The van der Waals surface area contributed by atoms with Crippen LogP contribution in [0.1, 0.15) is 22.3 Å². The standard InChI is InChI=1S/C23H17N5O2S/c1-31-23-25-20-19(26-27-23)16-11-5-6-13-18(16)28(21(29)15-9-3-2-4-10-15)22(30-20)17-12-7-8-14-24-17/h2-14,22H,1H3. The maximum Gasteiger partial charge on any atom is 0.261 e. The molecule has 152 valence electrons. The van der Waals surface area contributed by atoms with Crippen molar-refractivity contribution in [3.63, 3.8) is 0 Å². The first-order valence-corrected chi connectivity index (χ1v) is 10.8. The van der Waals surface area contributed by atoms with Gasteiger partial charge >= 0.3 is 0 Å². The molecule has 0 aliphatic carbocycles. The molecule has 1 amide bonds. The summed E-state index contributed by atoms with van der Waals surface area (Å²) in [4.78, 5) is 24.3. The van der Waals surface area contributed by atoms with Crippen molar-refractivity contribution < 1.29 is 9.53 Å². The minimum Gasteiger partial charge on any atom is -0.445 e. The molecule has 31 heavy (non-hydrogen) atoms. The van der Waals surface area contributed by atoms with Crippen LogP contribution < -0.4 is 9.64 Å². The van der Waals surface area contributed by atoms with Crippen molar-refractivity contribution in [1.82, 2.24) is 20.2 Å². The third-order valence-electron chi connectivity index (χ3n) is 4.87. The smallest absolute Gasteiger partial charge is 0.261 e. The van der Waals surface area contributed by atoms with Crippen molar-refractivity contribution in [3.8, 4) is 17.1 Å². The SMILES string of the molecule is CSc1nnc2c(n1)OC(c1ccccn1)N(C(=O)c1ccccc1)c1ccccc1-2. The lowest BCUT2D eigenvalue weighted by Crippen LogP contribution is -2.38. The van der Waals surface area contributed by atoms with E-state index in [9.17, 15) is 4.79 Å². The Kier molecular flexibility index (Phi) is 5.05. The topological polar surface area (TPSA) is 81.1 Å². The van der Waals surface area contributed by atoms with Crippen LogP contribution >= 0.6 is 11.8 Å². The summed E-state index contributed by atoms with van der Waals surface area (Å²) < 4.78 is 6.34. The number of nitrogens with zero attached hydrogens (tertiary/aromatic N) is 5. The molecule has 1 atom stereocenters. The molecule has 0 fully saturated rings. The van der Waals surface area contributed by atoms with Gasteiger partial charge in [0.15, 0.2) is 5.69 Å². The highest BCUT2D eigenvalue weighted by molar-refractivity contribution is 7.98. The van der Waals surface area contributed by atoms with Crippen LogP contribution in [-0.4, -0.2) is 32.3 Å². The van der Waals surface area contributed by atoms with E-state index < -0.39 is 6.23 Å². The van der Waals surface area contributed by atoms with Crippen LogP contribution in [-0.2, 0) is 0 Å². The first-order valence-electron chi connectivity index (χ1n) is 9.60. The number of carbonyl (C=O) groups is 1. The largest absolute Gasteiger partial charge is 0.445 e. The van der Waals surface area contributed by atoms with Crippen LogP contribution in [0.5, 0.6) is 5.88 Å². The van der Waals surface area contributed by atoms with Crippen LogP contribution in [0.25, 0.3) is 11.3 Å². The fourth-order valence-electron chi connectivity index (χ4n) is 3.45. The number of pyridine rings is 1. The maximum absolute atomic E-state index is 13.7. The summed E-state index contributed by atoms with van der Waals surface area (Å²) in [7, 11) is 0. The van der Waals surface area contributed by atoms with Gasteiger partial charge in [0.2, 0.25) is 17.3 Å². The monoisotopic (exact) mass is 427 g/mol. The van der Waals surface area contributed by atoms with Gasteiger partial charge in [0.1, 0.15) is 5.69 Å². The van der Waals surface area contributed by atoms with Gasteiger partial charge in [-0.3, -0.25) is 14.7 Å². The quantitative estimate of drug-likeness (QED) is 0.449. The molecule has 2 aromatic carbocycles. The number of hydrogen-bond donors (Lipinski definition) is 0. The summed E-state index contributed by atoms with van der Waals surface area (Å²) in [6, 6.07) is 22.1. The van der Waals surface area contributed by atoms with Gasteiger partial charge in [-0.05, 0) is 36.6 Å². The van der Waals surface area contributed by atoms with Gasteiger partial charge in [0.25, 0.3) is 5.91 Å². The lowest BCUT2D eigenvalue weighted by Gasteiger charge is -2.30. The van der Waals surface area contributed by atoms with Crippen LogP contribution in [0.2, 0.25) is 0 Å². The van der Waals surface area contributed by atoms with Gasteiger partial charge in [-0.1, -0.05) is 54.2 Å². The number of fused-ring (bicyclic) bond motifs is 3. The Morgan fingerprint density at radius 3 is 2.52 bits per heavy atom. The van der Waals surface area contributed by atoms with E-state index in [2.05, 4.69) is 20.2 Å². The van der Waals surface area contributed by atoms with E-state index in [-0.39, 0.29) is 5.91 Å². The fraction of sp³-hybridized carbons (Fsp3) is 0.0870. The minimum atomic E-state index is -0.831. The van der Waals surface area contributed by atoms with Crippen molar-refractivity contribution in [3.05, 3.63) is 90.3 Å². The first kappa shape index (κ1) is 19.2. The number of ether oxygens (including phenoxy) is 1. The van der Waals surface area contributed by atoms with E-state index in [0.717, 1.165) is 0 Å². The molecule has 0 radical (unpaired) electrons. The van der Waals surface area contributed by atoms with Crippen LogP contribution in [0.15, 0.2) is 84.1 Å². The van der Waals surface area contributed by atoms with Crippen LogP contribution in [0.4, 0.5) is 5.69 Å². The van der Waals surface area contributed by atoms with E-state index in [0.29, 0.717) is 39.2 Å². The second kappa shape index (κ2) is 8.16. The number of hydrogen-bond acceptors (Lipinski definition) is 7. The zero-order valence-electron chi connectivity index (χ0n) is 16.5. The summed E-state index contributed by atoms with van der Waals surface area (Å²) in [6.07, 6.45) is 2.71. The van der Waals surface area contributed by atoms with Crippen molar-refractivity contribution in [2.75, 3.05) is 11.2 Å². The Bertz CT molecular complexity index is 1240. The molecule has 1 aliphatic rings. The van der Waals surface area contributed by atoms with Crippen molar-refractivity contribution >= 4 is 23.4 Å². The van der Waals surface area contributed by atoms with Gasteiger partial charge in [-0.2, -0.15) is 4.98 Å². The molecule has 0 saturated carbocycles. The number of benzene rings is 2. The van der Waals surface area contributed by atoms with Gasteiger partial charge < -0.3 is 4.74 Å². The summed E-state index contributed by atoms with van der Waals surface area (Å²) in [5.74, 6) is 0.0976. The molecule has 0 bridgehead atoms. The molecular formula is C23H17N5O2S. The van der Waals surface area contributed by atoms with Crippen molar-refractivity contribution in [2.24, 2.45) is 0 Å². The highest BCUT2D eigenvalue weighted by Gasteiger charge is 2.37. The highest BCUT2D eigenvalue weighted by atomic mass is 32.2. The number of aromatic nitrogens is 4. The lowest BCUT2D eigenvalue weighted by molar-refractivity contribution is 0.0906. The van der Waals surface area contributed by atoms with E-state index >= 15 is 0 Å². The molecule has 1 unspecified atom stereocenters. The van der Waals surface area contributed by atoms with Gasteiger partial charge in [0.05, 0.1) is 5.69 Å². The second-order valence-corrected chi connectivity index (χ2v) is 7.51. The zero-order chi connectivity index (χ0) is 21.2. The average molecular weight is 427 g/mol. The Hall–Kier alpha value is -3.78. The molecule has 3 heterocycles. The zero-order valence-corrected chi connectivity index (χ0v) is 17.4. The number of carbonyl (C=O) groups excluding carboxylic acids is 1. The molecule has 7 nitrogen and oxygen atoms in total. The third kappa shape index (κ3) is 3.51. The van der Waals surface area contributed by atoms with Gasteiger partial charge in [-0.15, -0.1) is 10.2 Å². The molecular weight excluding hydrogens is 410 g/mol. The molecule has 1 aliphatic heterocycles. The van der Waals surface area contributed by atoms with Crippen molar-refractivity contribution in [1.29, 1.82) is 0 Å². The highest BCUT2D eigenvalue weighted by Crippen LogP contribution is 2.43. The summed E-state index contributed by atoms with van der Waals surface area (Å²) in [6.45, 7) is 0. The number of para-hydroxylation sites is 1. The Morgan fingerprint density at radius 2 is 1.74 bits per heavy atom. The van der Waals surface area contributed by atoms with E-state index in [4.69, 9.17) is 4.74 Å². The molecule has 2 aromatic heterocycles. The van der Waals surface area contributed by atoms with E-state index in [1.807, 2.05) is 66.9 Å². The summed E-state index contributed by atoms with van der Waals surface area (Å²) in [5, 5.41) is 9.03.